The lowest BCUT2D eigenvalue weighted by Crippen LogP contribution is -2.49. The summed E-state index contributed by atoms with van der Waals surface area (Å²) in [6.07, 6.45) is -2.62. The van der Waals surface area contributed by atoms with Crippen molar-refractivity contribution < 1.29 is 27.5 Å². The van der Waals surface area contributed by atoms with Gasteiger partial charge in [0.15, 0.2) is 0 Å². The highest BCUT2D eigenvalue weighted by Crippen LogP contribution is 2.48. The Kier molecular flexibility index (Phi) is 7.55. The maximum Gasteiger partial charge on any atom is 0.471 e. The number of anilines is 1. The summed E-state index contributed by atoms with van der Waals surface area (Å²) in [5.74, 6) is -2.70. The molecule has 1 aliphatic carbocycles. The molecule has 1 amide bonds. The summed E-state index contributed by atoms with van der Waals surface area (Å²) in [5, 5.41) is 0. The molecule has 0 radical (unpaired) electrons. The highest BCUT2D eigenvalue weighted by molar-refractivity contribution is 6.13. The summed E-state index contributed by atoms with van der Waals surface area (Å²) in [4.78, 5) is 32.3. The van der Waals surface area contributed by atoms with Gasteiger partial charge in [-0.1, -0.05) is 67.9 Å². The standard InChI is InChI=1S/C31H29F3N2O3/c1-2-3-17-39-23-15-13-20(14-16-23)22-18-25-28(27(37)19-22)29(21-9-5-4-6-10-21)36(30(38)31(32,33)34)26-12-8-7-11-24(26)35-25/h4-16,22,28-29H,2-3,17-19H2,1H3. The second kappa shape index (κ2) is 11.0. The van der Waals surface area contributed by atoms with E-state index in [1.54, 1.807) is 48.5 Å². The zero-order valence-electron chi connectivity index (χ0n) is 21.5. The molecule has 8 heteroatoms. The Morgan fingerprint density at radius 2 is 1.64 bits per heavy atom. The van der Waals surface area contributed by atoms with Gasteiger partial charge in [-0.3, -0.25) is 19.5 Å². The van der Waals surface area contributed by atoms with Crippen LogP contribution in [0.2, 0.25) is 0 Å². The van der Waals surface area contributed by atoms with E-state index in [2.05, 4.69) is 6.92 Å². The maximum atomic E-state index is 14.0. The fourth-order valence-electron chi connectivity index (χ4n) is 5.47. The number of alkyl halides is 3. The van der Waals surface area contributed by atoms with Crippen molar-refractivity contribution in [2.75, 3.05) is 11.5 Å². The van der Waals surface area contributed by atoms with Crippen LogP contribution < -0.4 is 9.64 Å². The predicted octanol–water partition coefficient (Wildman–Crippen LogP) is 7.35. The van der Waals surface area contributed by atoms with Crippen molar-refractivity contribution in [1.82, 2.24) is 0 Å². The van der Waals surface area contributed by atoms with Crippen LogP contribution in [0.1, 0.15) is 55.7 Å². The second-order valence-electron chi connectivity index (χ2n) is 9.94. The van der Waals surface area contributed by atoms with E-state index >= 15 is 0 Å². The van der Waals surface area contributed by atoms with Crippen molar-refractivity contribution in [2.24, 2.45) is 10.9 Å². The van der Waals surface area contributed by atoms with Gasteiger partial charge < -0.3 is 4.74 Å². The van der Waals surface area contributed by atoms with Crippen LogP contribution in [0.25, 0.3) is 0 Å². The number of aliphatic imine (C=N–C) groups is 1. The minimum absolute atomic E-state index is 0.0357. The molecule has 0 spiro atoms. The molecule has 0 saturated heterocycles. The number of rotatable bonds is 6. The van der Waals surface area contributed by atoms with Crippen molar-refractivity contribution in [2.45, 2.75) is 50.7 Å². The summed E-state index contributed by atoms with van der Waals surface area (Å²) < 4.78 is 47.6. The number of carbonyl (C=O) groups is 2. The van der Waals surface area contributed by atoms with Crippen molar-refractivity contribution in [3.63, 3.8) is 0 Å². The third kappa shape index (κ3) is 5.46. The van der Waals surface area contributed by atoms with Crippen molar-refractivity contribution in [1.29, 1.82) is 0 Å². The Bertz CT molecular complexity index is 1370. The first kappa shape index (κ1) is 26.7. The normalized spacial score (nSPS) is 20.9. The van der Waals surface area contributed by atoms with Gasteiger partial charge in [0, 0.05) is 12.1 Å². The van der Waals surface area contributed by atoms with Crippen LogP contribution in [0.15, 0.2) is 83.9 Å². The molecule has 5 rings (SSSR count). The van der Waals surface area contributed by atoms with Crippen LogP contribution in [-0.4, -0.2) is 30.2 Å². The SMILES string of the molecule is CCCCOc1ccc(C2CC(=O)C3C(=Nc4ccccc4N(C(=O)C(F)(F)F)C3c3ccccc3)C2)cc1. The van der Waals surface area contributed by atoms with Crippen molar-refractivity contribution in [3.8, 4) is 5.75 Å². The van der Waals surface area contributed by atoms with E-state index in [9.17, 15) is 22.8 Å². The highest BCUT2D eigenvalue weighted by atomic mass is 19.4. The number of ketones is 1. The Morgan fingerprint density at radius 1 is 0.949 bits per heavy atom. The van der Waals surface area contributed by atoms with E-state index in [0.29, 0.717) is 24.3 Å². The molecule has 3 atom stereocenters. The van der Waals surface area contributed by atoms with Gasteiger partial charge in [0.25, 0.3) is 0 Å². The molecule has 202 valence electrons. The number of hydrogen-bond donors (Lipinski definition) is 0. The molecule has 5 nitrogen and oxygen atoms in total. The molecule has 0 N–H and O–H groups in total. The number of nitrogens with zero attached hydrogens (tertiary/aromatic N) is 2. The van der Waals surface area contributed by atoms with E-state index in [1.807, 2.05) is 24.3 Å². The maximum absolute atomic E-state index is 14.0. The Labute approximate surface area is 225 Å². The largest absolute Gasteiger partial charge is 0.494 e. The number of carbonyl (C=O) groups excluding carboxylic acids is 2. The van der Waals surface area contributed by atoms with E-state index in [0.717, 1.165) is 29.1 Å². The van der Waals surface area contributed by atoms with Crippen LogP contribution in [-0.2, 0) is 9.59 Å². The molecule has 3 aromatic rings. The number of benzene rings is 3. The molecular formula is C31H29F3N2O3. The zero-order chi connectivity index (χ0) is 27.6. The van der Waals surface area contributed by atoms with E-state index in [-0.39, 0.29) is 29.5 Å². The highest BCUT2D eigenvalue weighted by Gasteiger charge is 2.52. The van der Waals surface area contributed by atoms with Crippen molar-refractivity contribution in [3.05, 3.63) is 90.0 Å². The molecule has 3 unspecified atom stereocenters. The summed E-state index contributed by atoms with van der Waals surface area (Å²) >= 11 is 0. The first-order valence-electron chi connectivity index (χ1n) is 13.1. The summed E-state index contributed by atoms with van der Waals surface area (Å²) in [6, 6.07) is 21.2. The predicted molar refractivity (Wildman–Crippen MR) is 144 cm³/mol. The number of para-hydroxylation sites is 2. The number of ether oxygens (including phenoxy) is 1. The van der Waals surface area contributed by atoms with Gasteiger partial charge in [-0.15, -0.1) is 0 Å². The molecule has 1 heterocycles. The van der Waals surface area contributed by atoms with Gasteiger partial charge in [-0.2, -0.15) is 13.2 Å². The first-order valence-corrected chi connectivity index (χ1v) is 13.1. The number of amides is 1. The second-order valence-corrected chi connectivity index (χ2v) is 9.94. The average molecular weight is 535 g/mol. The fourth-order valence-corrected chi connectivity index (χ4v) is 5.47. The number of fused-ring (bicyclic) bond motifs is 2. The Balaban J connectivity index is 1.56. The monoisotopic (exact) mass is 534 g/mol. The molecule has 0 bridgehead atoms. The smallest absolute Gasteiger partial charge is 0.471 e. The molecule has 2 aliphatic rings. The number of unbranched alkanes of at least 4 members (excludes halogenated alkanes) is 1. The summed E-state index contributed by atoms with van der Waals surface area (Å²) in [6.45, 7) is 2.72. The molecule has 39 heavy (non-hydrogen) atoms. The minimum atomic E-state index is -5.13. The van der Waals surface area contributed by atoms with Gasteiger partial charge >= 0.3 is 12.1 Å². The molecule has 1 saturated carbocycles. The van der Waals surface area contributed by atoms with E-state index in [4.69, 9.17) is 9.73 Å². The Hall–Kier alpha value is -3.94. The van der Waals surface area contributed by atoms with E-state index in [1.165, 1.54) is 6.07 Å². The molecule has 0 aromatic heterocycles. The van der Waals surface area contributed by atoms with Crippen LogP contribution >= 0.6 is 0 Å². The van der Waals surface area contributed by atoms with Crippen LogP contribution in [0.5, 0.6) is 5.75 Å². The van der Waals surface area contributed by atoms with E-state index < -0.39 is 24.0 Å². The zero-order valence-corrected chi connectivity index (χ0v) is 21.5. The number of hydrogen-bond acceptors (Lipinski definition) is 4. The lowest BCUT2D eigenvalue weighted by molar-refractivity contribution is -0.171. The van der Waals surface area contributed by atoms with Gasteiger partial charge in [-0.05, 0) is 54.2 Å². The molecule has 3 aromatic carbocycles. The molecule has 1 fully saturated rings. The van der Waals surface area contributed by atoms with Crippen LogP contribution in [0, 0.1) is 5.92 Å². The molecule has 1 aliphatic heterocycles. The lowest BCUT2D eigenvalue weighted by atomic mass is 9.72. The van der Waals surface area contributed by atoms with Gasteiger partial charge in [0.2, 0.25) is 0 Å². The first-order chi connectivity index (χ1) is 18.8. The van der Waals surface area contributed by atoms with Crippen LogP contribution in [0.3, 0.4) is 0 Å². The molecular weight excluding hydrogens is 505 g/mol. The van der Waals surface area contributed by atoms with Crippen LogP contribution in [0.4, 0.5) is 24.5 Å². The quantitative estimate of drug-likeness (QED) is 0.311. The third-order valence-corrected chi connectivity index (χ3v) is 7.33. The average Bonchev–Trinajstić information content (AvgIpc) is 3.07. The lowest BCUT2D eigenvalue weighted by Gasteiger charge is -2.39. The van der Waals surface area contributed by atoms with Gasteiger partial charge in [-0.25, -0.2) is 0 Å². The minimum Gasteiger partial charge on any atom is -0.494 e. The Morgan fingerprint density at radius 3 is 2.33 bits per heavy atom. The number of Topliss-reactive ketones (excluding diaryl/α,β-unsaturated/α-hetero) is 1. The van der Waals surface area contributed by atoms with Gasteiger partial charge in [0.05, 0.1) is 29.9 Å². The third-order valence-electron chi connectivity index (χ3n) is 7.33. The topological polar surface area (TPSA) is 59.0 Å². The van der Waals surface area contributed by atoms with Crippen molar-refractivity contribution >= 4 is 28.8 Å². The fraction of sp³-hybridized carbons (Fsp3) is 0.323. The summed E-state index contributed by atoms with van der Waals surface area (Å²) in [5.41, 5.74) is 2.14. The summed E-state index contributed by atoms with van der Waals surface area (Å²) in [7, 11) is 0. The van der Waals surface area contributed by atoms with Gasteiger partial charge in [0.1, 0.15) is 11.5 Å². The number of halogens is 3.